The fraction of sp³-hybridized carbons (Fsp3) is 0.562. The van der Waals surface area contributed by atoms with Crippen molar-refractivity contribution in [1.29, 1.82) is 0 Å². The number of aryl methyl sites for hydroxylation is 2. The first-order valence-electron chi connectivity index (χ1n) is 7.99. The molecule has 8 nitrogen and oxygen atoms in total. The number of fused-ring (bicyclic) bond motifs is 3. The third-order valence-electron chi connectivity index (χ3n) is 4.60. The zero-order valence-electron chi connectivity index (χ0n) is 15.0. The van der Waals surface area contributed by atoms with E-state index < -0.39 is 0 Å². The lowest BCUT2D eigenvalue weighted by Crippen LogP contribution is -2.40. The van der Waals surface area contributed by atoms with Crippen molar-refractivity contribution < 1.29 is 4.74 Å². The van der Waals surface area contributed by atoms with Crippen molar-refractivity contribution in [1.82, 2.24) is 23.1 Å². The molecule has 0 radical (unpaired) electrons. The topological polar surface area (TPSA) is 75.5 Å². The van der Waals surface area contributed by atoms with E-state index in [2.05, 4.69) is 23.4 Å². The summed E-state index contributed by atoms with van der Waals surface area (Å²) >= 11 is 0. The number of rotatable bonds is 4. The maximum atomic E-state index is 12.9. The zero-order chi connectivity index (χ0) is 17.8. The molecule has 0 unspecified atom stereocenters. The van der Waals surface area contributed by atoms with Gasteiger partial charge in [0, 0.05) is 31.6 Å². The van der Waals surface area contributed by atoms with E-state index in [0.29, 0.717) is 23.5 Å². The van der Waals surface area contributed by atoms with Crippen LogP contribution >= 0.6 is 0 Å². The van der Waals surface area contributed by atoms with Gasteiger partial charge in [-0.3, -0.25) is 18.3 Å². The summed E-state index contributed by atoms with van der Waals surface area (Å²) in [6.45, 7) is 8.64. The highest BCUT2D eigenvalue weighted by molar-refractivity contribution is 5.76. The van der Waals surface area contributed by atoms with Gasteiger partial charge >= 0.3 is 5.69 Å². The maximum absolute atomic E-state index is 12.9. The Morgan fingerprint density at radius 3 is 2.42 bits per heavy atom. The Kier molecular flexibility index (Phi) is 3.87. The summed E-state index contributed by atoms with van der Waals surface area (Å²) in [6.07, 6.45) is 0. The van der Waals surface area contributed by atoms with Crippen molar-refractivity contribution in [2.45, 2.75) is 40.3 Å². The lowest BCUT2D eigenvalue weighted by molar-refractivity contribution is 0.184. The van der Waals surface area contributed by atoms with Crippen molar-refractivity contribution in [3.63, 3.8) is 0 Å². The average Bonchev–Trinajstić information content (AvgIpc) is 3.02. The molecule has 24 heavy (non-hydrogen) atoms. The fourth-order valence-corrected chi connectivity index (χ4v) is 3.27. The molecule has 130 valence electrons. The third kappa shape index (κ3) is 2.06. The van der Waals surface area contributed by atoms with Crippen molar-refractivity contribution >= 4 is 16.9 Å². The molecule has 0 bridgehead atoms. The van der Waals surface area contributed by atoms with E-state index in [9.17, 15) is 9.59 Å². The van der Waals surface area contributed by atoms with Crippen LogP contribution in [-0.2, 0) is 18.3 Å². The van der Waals surface area contributed by atoms with Gasteiger partial charge in [0.1, 0.15) is 0 Å². The highest BCUT2D eigenvalue weighted by Crippen LogP contribution is 2.23. The Bertz CT molecular complexity index is 1050. The van der Waals surface area contributed by atoms with Crippen LogP contribution in [0, 0.1) is 13.8 Å². The molecule has 0 saturated heterocycles. The minimum Gasteiger partial charge on any atom is -0.383 e. The summed E-state index contributed by atoms with van der Waals surface area (Å²) < 4.78 is 11.6. The number of imidazole rings is 2. The highest BCUT2D eigenvalue weighted by atomic mass is 16.5. The molecule has 8 heteroatoms. The maximum Gasteiger partial charge on any atom is 0.332 e. The third-order valence-corrected chi connectivity index (χ3v) is 4.60. The number of nitrogens with zero attached hydrogens (tertiary/aromatic N) is 5. The van der Waals surface area contributed by atoms with Crippen LogP contribution in [0.2, 0.25) is 0 Å². The summed E-state index contributed by atoms with van der Waals surface area (Å²) in [5.41, 5.74) is 2.15. The van der Waals surface area contributed by atoms with Crippen molar-refractivity contribution in [2.24, 2.45) is 7.05 Å². The Labute approximate surface area is 138 Å². The van der Waals surface area contributed by atoms with Crippen LogP contribution in [0.5, 0.6) is 0 Å². The molecule has 0 fully saturated rings. The second-order valence-electron chi connectivity index (χ2n) is 6.35. The van der Waals surface area contributed by atoms with Gasteiger partial charge in [0.05, 0.1) is 13.2 Å². The van der Waals surface area contributed by atoms with Gasteiger partial charge in [-0.2, -0.15) is 4.98 Å². The summed E-state index contributed by atoms with van der Waals surface area (Å²) in [4.78, 5) is 30.0. The minimum atomic E-state index is -0.379. The molecule has 3 aromatic heterocycles. The number of hydrogen-bond donors (Lipinski definition) is 0. The summed E-state index contributed by atoms with van der Waals surface area (Å²) in [7, 11) is 3.18. The van der Waals surface area contributed by atoms with Crippen LogP contribution < -0.4 is 11.2 Å². The van der Waals surface area contributed by atoms with E-state index >= 15 is 0 Å². The molecule has 0 spiro atoms. The van der Waals surface area contributed by atoms with Gasteiger partial charge < -0.3 is 9.30 Å². The van der Waals surface area contributed by atoms with Crippen molar-refractivity contribution in [3.05, 3.63) is 32.2 Å². The molecule has 3 heterocycles. The lowest BCUT2D eigenvalue weighted by Gasteiger charge is -2.10. The second-order valence-corrected chi connectivity index (χ2v) is 6.35. The minimum absolute atomic E-state index is 0.200. The fourth-order valence-electron chi connectivity index (χ4n) is 3.27. The van der Waals surface area contributed by atoms with Crippen LogP contribution in [0.1, 0.15) is 31.3 Å². The van der Waals surface area contributed by atoms with Gasteiger partial charge in [-0.1, -0.05) is 0 Å². The van der Waals surface area contributed by atoms with Crippen molar-refractivity contribution in [3.8, 4) is 0 Å². The molecule has 0 aromatic carbocycles. The monoisotopic (exact) mass is 333 g/mol. The van der Waals surface area contributed by atoms with Gasteiger partial charge in [-0.05, 0) is 27.7 Å². The molecule has 0 aliphatic heterocycles. The smallest absolute Gasteiger partial charge is 0.332 e. The number of methoxy groups -OCH3 is 1. The predicted octanol–water partition coefficient (Wildman–Crippen LogP) is 0.994. The first kappa shape index (κ1) is 16.5. The van der Waals surface area contributed by atoms with E-state index in [1.807, 2.05) is 18.2 Å². The van der Waals surface area contributed by atoms with Gasteiger partial charge in [0.15, 0.2) is 11.2 Å². The van der Waals surface area contributed by atoms with E-state index in [-0.39, 0.29) is 23.8 Å². The average molecular weight is 333 g/mol. The molecule has 3 rings (SSSR count). The first-order chi connectivity index (χ1) is 11.3. The van der Waals surface area contributed by atoms with E-state index in [4.69, 9.17) is 4.74 Å². The molecule has 0 atom stereocenters. The number of ether oxygens (including phenoxy) is 1. The molecule has 0 aliphatic rings. The number of aromatic nitrogens is 5. The Hall–Kier alpha value is -2.35. The standard InChI is InChI=1S/C16H23N5O3/c1-9(2)20-10(3)11(4)21-12-13(17-15(20)21)18(5)16(23)19(14(12)22)7-8-24-6/h9H,7-8H2,1-6H3. The van der Waals surface area contributed by atoms with Crippen LogP contribution in [0.3, 0.4) is 0 Å². The molecular weight excluding hydrogens is 310 g/mol. The van der Waals surface area contributed by atoms with Gasteiger partial charge in [0.25, 0.3) is 5.56 Å². The summed E-state index contributed by atoms with van der Waals surface area (Å²) in [5.74, 6) is 0.687. The summed E-state index contributed by atoms with van der Waals surface area (Å²) in [6, 6.07) is 0.200. The Morgan fingerprint density at radius 1 is 1.17 bits per heavy atom. The van der Waals surface area contributed by atoms with E-state index in [0.717, 1.165) is 11.4 Å². The van der Waals surface area contributed by atoms with Gasteiger partial charge in [-0.15, -0.1) is 0 Å². The van der Waals surface area contributed by atoms with Crippen LogP contribution in [0.15, 0.2) is 9.59 Å². The molecule has 0 saturated carbocycles. The first-order valence-corrected chi connectivity index (χ1v) is 7.99. The normalized spacial score (nSPS) is 12.1. The molecule has 0 N–H and O–H groups in total. The van der Waals surface area contributed by atoms with Gasteiger partial charge in [0.2, 0.25) is 5.78 Å². The predicted molar refractivity (Wildman–Crippen MR) is 91.9 cm³/mol. The number of hydrogen-bond acceptors (Lipinski definition) is 4. The quantitative estimate of drug-likeness (QED) is 0.714. The largest absolute Gasteiger partial charge is 0.383 e. The molecule has 0 aliphatic carbocycles. The lowest BCUT2D eigenvalue weighted by atomic mass is 10.3. The summed E-state index contributed by atoms with van der Waals surface area (Å²) in [5, 5.41) is 0. The van der Waals surface area contributed by atoms with Crippen LogP contribution in [0.4, 0.5) is 0 Å². The SMILES string of the molecule is COCCn1c(=O)c2c(nc3n(C(C)C)c(C)c(C)n23)n(C)c1=O. The van der Waals surface area contributed by atoms with E-state index in [1.54, 1.807) is 14.2 Å². The van der Waals surface area contributed by atoms with Crippen LogP contribution in [0.25, 0.3) is 16.9 Å². The van der Waals surface area contributed by atoms with Gasteiger partial charge in [-0.25, -0.2) is 4.79 Å². The molecule has 0 amide bonds. The van der Waals surface area contributed by atoms with Crippen molar-refractivity contribution in [2.75, 3.05) is 13.7 Å². The Morgan fingerprint density at radius 2 is 1.83 bits per heavy atom. The zero-order valence-corrected chi connectivity index (χ0v) is 15.0. The second kappa shape index (κ2) is 5.62. The van der Waals surface area contributed by atoms with E-state index in [1.165, 1.54) is 9.13 Å². The Balaban J connectivity index is 2.52. The van der Waals surface area contributed by atoms with Crippen LogP contribution in [-0.4, -0.2) is 36.8 Å². The highest BCUT2D eigenvalue weighted by Gasteiger charge is 2.23. The molecular formula is C16H23N5O3. The molecule has 3 aromatic rings.